The second-order valence-electron chi connectivity index (χ2n) is 5.97. The topological polar surface area (TPSA) is 64.1 Å². The maximum atomic E-state index is 9.65. The summed E-state index contributed by atoms with van der Waals surface area (Å²) >= 11 is 1.97. The van der Waals surface area contributed by atoms with Gasteiger partial charge in [-0.25, -0.2) is 4.98 Å². The highest BCUT2D eigenvalue weighted by Gasteiger charge is 2.32. The highest BCUT2D eigenvalue weighted by Crippen LogP contribution is 2.40. The van der Waals surface area contributed by atoms with Crippen LogP contribution in [0.15, 0.2) is 18.2 Å². The number of aliphatic hydroxyl groups is 1. The van der Waals surface area contributed by atoms with Gasteiger partial charge in [-0.3, -0.25) is 0 Å². The Labute approximate surface area is 129 Å². The number of rotatable bonds is 4. The summed E-state index contributed by atoms with van der Waals surface area (Å²) in [5.74, 6) is 0.745. The molecule has 0 unspecified atom stereocenters. The second kappa shape index (κ2) is 5.89. The molecule has 0 spiro atoms. The summed E-state index contributed by atoms with van der Waals surface area (Å²) in [6, 6.07) is 5.82. The van der Waals surface area contributed by atoms with Crippen molar-refractivity contribution in [3.05, 3.63) is 24.0 Å². The van der Waals surface area contributed by atoms with Crippen LogP contribution in [0.4, 0.5) is 5.69 Å². The number of imidazole rings is 1. The Bertz CT molecular complexity index is 632. The van der Waals surface area contributed by atoms with Crippen LogP contribution in [-0.4, -0.2) is 25.7 Å². The average Bonchev–Trinajstić information content (AvgIpc) is 2.85. The number of nitrogen functional groups attached to an aromatic ring is 1. The summed E-state index contributed by atoms with van der Waals surface area (Å²) < 4.78 is 2.47. The van der Waals surface area contributed by atoms with Crippen molar-refractivity contribution in [2.45, 2.75) is 50.0 Å². The van der Waals surface area contributed by atoms with Crippen molar-refractivity contribution >= 4 is 28.5 Å². The SMILES string of the molecule is CSC1(Cn2c(CO)nc3cc(N)ccc32)CCCCC1. The first-order chi connectivity index (χ1) is 10.2. The van der Waals surface area contributed by atoms with Gasteiger partial charge in [0.25, 0.3) is 0 Å². The summed E-state index contributed by atoms with van der Waals surface area (Å²) in [7, 11) is 0. The van der Waals surface area contributed by atoms with Crippen LogP contribution in [-0.2, 0) is 13.2 Å². The number of fused-ring (bicyclic) bond motifs is 1. The van der Waals surface area contributed by atoms with Crippen molar-refractivity contribution in [3.8, 4) is 0 Å². The molecule has 2 aromatic rings. The summed E-state index contributed by atoms with van der Waals surface area (Å²) in [5, 5.41) is 9.65. The van der Waals surface area contributed by atoms with Crippen LogP contribution in [0.25, 0.3) is 11.0 Å². The normalized spacial score (nSPS) is 18.2. The van der Waals surface area contributed by atoms with Gasteiger partial charge in [-0.05, 0) is 37.3 Å². The Balaban J connectivity index is 2.02. The van der Waals surface area contributed by atoms with E-state index in [2.05, 4.69) is 15.8 Å². The molecule has 114 valence electrons. The molecule has 1 aliphatic carbocycles. The first kappa shape index (κ1) is 14.7. The highest BCUT2D eigenvalue weighted by molar-refractivity contribution is 8.00. The largest absolute Gasteiger partial charge is 0.399 e. The molecule has 1 aromatic carbocycles. The lowest BCUT2D eigenvalue weighted by atomic mass is 9.88. The average molecular weight is 305 g/mol. The summed E-state index contributed by atoms with van der Waals surface area (Å²) in [6.07, 6.45) is 8.64. The molecular weight excluding hydrogens is 282 g/mol. The maximum absolute atomic E-state index is 9.65. The third kappa shape index (κ3) is 2.77. The zero-order chi connectivity index (χ0) is 14.9. The Morgan fingerprint density at radius 3 is 2.76 bits per heavy atom. The number of nitrogens with zero attached hydrogens (tertiary/aromatic N) is 2. The lowest BCUT2D eigenvalue weighted by Crippen LogP contribution is -2.33. The Morgan fingerprint density at radius 2 is 2.10 bits per heavy atom. The van der Waals surface area contributed by atoms with Crippen molar-refractivity contribution in [1.29, 1.82) is 0 Å². The van der Waals surface area contributed by atoms with E-state index in [9.17, 15) is 5.11 Å². The molecule has 1 fully saturated rings. The molecule has 0 amide bonds. The van der Waals surface area contributed by atoms with Crippen LogP contribution in [0.3, 0.4) is 0 Å². The fourth-order valence-corrected chi connectivity index (χ4v) is 4.36. The molecule has 0 bridgehead atoms. The quantitative estimate of drug-likeness (QED) is 0.852. The van der Waals surface area contributed by atoms with E-state index >= 15 is 0 Å². The van der Waals surface area contributed by atoms with E-state index in [1.165, 1.54) is 32.1 Å². The predicted molar refractivity (Wildman–Crippen MR) is 89.4 cm³/mol. The first-order valence-electron chi connectivity index (χ1n) is 7.58. The molecule has 0 radical (unpaired) electrons. The van der Waals surface area contributed by atoms with Gasteiger partial charge in [-0.15, -0.1) is 0 Å². The van der Waals surface area contributed by atoms with Crippen molar-refractivity contribution in [3.63, 3.8) is 0 Å². The molecule has 1 aliphatic rings. The first-order valence-corrected chi connectivity index (χ1v) is 8.80. The van der Waals surface area contributed by atoms with Crippen molar-refractivity contribution < 1.29 is 5.11 Å². The molecule has 1 heterocycles. The number of nitrogens with two attached hydrogens (primary N) is 1. The summed E-state index contributed by atoms with van der Waals surface area (Å²) in [4.78, 5) is 4.55. The van der Waals surface area contributed by atoms with E-state index in [1.807, 2.05) is 30.0 Å². The van der Waals surface area contributed by atoms with E-state index in [0.717, 1.165) is 23.4 Å². The number of aliphatic hydroxyl groups excluding tert-OH is 1. The lowest BCUT2D eigenvalue weighted by Gasteiger charge is -2.36. The minimum absolute atomic E-state index is 0.0287. The molecule has 1 aromatic heterocycles. The predicted octanol–water partition coefficient (Wildman–Crippen LogP) is 3.18. The van der Waals surface area contributed by atoms with Gasteiger partial charge in [-0.2, -0.15) is 11.8 Å². The minimum Gasteiger partial charge on any atom is -0.399 e. The van der Waals surface area contributed by atoms with Gasteiger partial charge < -0.3 is 15.4 Å². The fraction of sp³-hybridized carbons (Fsp3) is 0.562. The number of aromatic nitrogens is 2. The van der Waals surface area contributed by atoms with Crippen LogP contribution in [0.1, 0.15) is 37.9 Å². The number of thioether (sulfide) groups is 1. The van der Waals surface area contributed by atoms with Gasteiger partial charge in [0, 0.05) is 17.0 Å². The summed E-state index contributed by atoms with van der Waals surface area (Å²) in [5.41, 5.74) is 8.52. The molecule has 4 nitrogen and oxygen atoms in total. The van der Waals surface area contributed by atoms with Crippen LogP contribution < -0.4 is 5.73 Å². The van der Waals surface area contributed by atoms with E-state index in [0.29, 0.717) is 5.69 Å². The molecule has 0 saturated heterocycles. The Morgan fingerprint density at radius 1 is 1.33 bits per heavy atom. The Kier molecular flexibility index (Phi) is 4.13. The van der Waals surface area contributed by atoms with Crippen molar-refractivity contribution in [2.24, 2.45) is 0 Å². The second-order valence-corrected chi connectivity index (χ2v) is 7.24. The van der Waals surface area contributed by atoms with Crippen LogP contribution in [0.2, 0.25) is 0 Å². The third-order valence-electron chi connectivity index (χ3n) is 4.64. The molecule has 0 atom stereocenters. The van der Waals surface area contributed by atoms with Gasteiger partial charge in [0.05, 0.1) is 11.0 Å². The zero-order valence-corrected chi connectivity index (χ0v) is 13.3. The van der Waals surface area contributed by atoms with E-state index in [4.69, 9.17) is 5.73 Å². The van der Waals surface area contributed by atoms with Crippen molar-refractivity contribution in [2.75, 3.05) is 12.0 Å². The van der Waals surface area contributed by atoms with Crippen molar-refractivity contribution in [1.82, 2.24) is 9.55 Å². The Hall–Kier alpha value is -1.20. The van der Waals surface area contributed by atoms with Gasteiger partial charge >= 0.3 is 0 Å². The highest BCUT2D eigenvalue weighted by atomic mass is 32.2. The molecule has 0 aliphatic heterocycles. The maximum Gasteiger partial charge on any atom is 0.135 e. The van der Waals surface area contributed by atoms with Gasteiger partial charge in [-0.1, -0.05) is 19.3 Å². The standard InChI is InChI=1S/C16H23N3OS/c1-21-16(7-3-2-4-8-16)11-19-14-6-5-12(17)9-13(14)18-15(19)10-20/h5-6,9,20H,2-4,7-8,10-11,17H2,1H3. The number of benzene rings is 1. The van der Waals surface area contributed by atoms with E-state index in [1.54, 1.807) is 0 Å². The van der Waals surface area contributed by atoms with Gasteiger partial charge in [0.2, 0.25) is 0 Å². The molecule has 1 saturated carbocycles. The molecule has 21 heavy (non-hydrogen) atoms. The molecule has 3 N–H and O–H groups in total. The number of hydrogen-bond acceptors (Lipinski definition) is 4. The monoisotopic (exact) mass is 305 g/mol. The molecular formula is C16H23N3OS. The summed E-state index contributed by atoms with van der Waals surface area (Å²) in [6.45, 7) is 0.892. The zero-order valence-electron chi connectivity index (χ0n) is 12.5. The molecule has 5 heteroatoms. The fourth-order valence-electron chi connectivity index (χ4n) is 3.40. The smallest absolute Gasteiger partial charge is 0.135 e. The molecule has 3 rings (SSSR count). The van der Waals surface area contributed by atoms with Crippen LogP contribution in [0.5, 0.6) is 0 Å². The number of anilines is 1. The van der Waals surface area contributed by atoms with Crippen LogP contribution in [0, 0.1) is 0 Å². The van der Waals surface area contributed by atoms with Gasteiger partial charge in [0.1, 0.15) is 12.4 Å². The van der Waals surface area contributed by atoms with Gasteiger partial charge in [0.15, 0.2) is 0 Å². The van der Waals surface area contributed by atoms with Crippen LogP contribution >= 0.6 is 11.8 Å². The lowest BCUT2D eigenvalue weighted by molar-refractivity contribution is 0.260. The third-order valence-corrected chi connectivity index (χ3v) is 6.04. The van der Waals surface area contributed by atoms with E-state index in [-0.39, 0.29) is 11.4 Å². The number of hydrogen-bond donors (Lipinski definition) is 2. The van der Waals surface area contributed by atoms with E-state index < -0.39 is 0 Å². The minimum atomic E-state index is -0.0287.